The average Bonchev–Trinajstić information content (AvgIpc) is 2.37. The number of amides is 1. The summed E-state index contributed by atoms with van der Waals surface area (Å²) in [6.07, 6.45) is 0.0221. The Morgan fingerprint density at radius 3 is 2.60 bits per heavy atom. The third-order valence-corrected chi connectivity index (χ3v) is 2.85. The number of rotatable bonds is 2. The third-order valence-electron chi connectivity index (χ3n) is 2.85. The molecular weight excluding hydrogens is 202 g/mol. The molecule has 2 unspecified atom stereocenters. The highest BCUT2D eigenvalue weighted by molar-refractivity contribution is 5.90. The number of esters is 1. The highest BCUT2D eigenvalue weighted by Crippen LogP contribution is 2.37. The quantitative estimate of drug-likeness (QED) is 0.488. The zero-order chi connectivity index (χ0) is 11.2. The summed E-state index contributed by atoms with van der Waals surface area (Å²) in [7, 11) is 0. The van der Waals surface area contributed by atoms with Crippen molar-refractivity contribution in [2.75, 3.05) is 0 Å². The number of fused-ring (bicyclic) bond motifs is 1. The largest absolute Gasteiger partial charge is 0.480 e. The monoisotopic (exact) mass is 213 g/mol. The van der Waals surface area contributed by atoms with Crippen molar-refractivity contribution in [3.8, 4) is 0 Å². The number of carbonyl (C=O) groups excluding carboxylic acids is 2. The van der Waals surface area contributed by atoms with Gasteiger partial charge in [-0.15, -0.1) is 0 Å². The van der Waals surface area contributed by atoms with Crippen molar-refractivity contribution in [3.05, 3.63) is 0 Å². The first-order valence-electron chi connectivity index (χ1n) is 4.72. The third kappa shape index (κ3) is 1.45. The predicted molar refractivity (Wildman–Crippen MR) is 46.8 cm³/mol. The number of hydrogen-bond donors (Lipinski definition) is 1. The molecule has 0 aromatic rings. The molecule has 2 heterocycles. The first kappa shape index (κ1) is 9.95. The topological polar surface area (TPSA) is 83.9 Å². The Labute approximate surface area is 85.8 Å². The summed E-state index contributed by atoms with van der Waals surface area (Å²) < 4.78 is 4.98. The van der Waals surface area contributed by atoms with Crippen LogP contribution in [0.2, 0.25) is 0 Å². The fraction of sp³-hybridized carbons (Fsp3) is 0.667. The van der Waals surface area contributed by atoms with Crippen LogP contribution in [0.5, 0.6) is 0 Å². The van der Waals surface area contributed by atoms with Gasteiger partial charge >= 0.3 is 11.9 Å². The number of hydrogen-bond acceptors (Lipinski definition) is 4. The Bertz CT molecular complexity index is 331. The van der Waals surface area contributed by atoms with E-state index < -0.39 is 24.1 Å². The lowest BCUT2D eigenvalue weighted by atomic mass is 10.0. The van der Waals surface area contributed by atoms with Crippen LogP contribution in [0.1, 0.15) is 19.8 Å². The van der Waals surface area contributed by atoms with Gasteiger partial charge in [0.05, 0.1) is 12.5 Å². The summed E-state index contributed by atoms with van der Waals surface area (Å²) in [5.41, 5.74) is 0. The first-order chi connectivity index (χ1) is 7.00. The fourth-order valence-electron chi connectivity index (χ4n) is 2.22. The summed E-state index contributed by atoms with van der Waals surface area (Å²) >= 11 is 0. The van der Waals surface area contributed by atoms with Crippen LogP contribution in [-0.2, 0) is 19.1 Å². The average molecular weight is 213 g/mol. The molecule has 0 bridgehead atoms. The van der Waals surface area contributed by atoms with E-state index in [1.807, 2.05) is 0 Å². The van der Waals surface area contributed by atoms with E-state index in [2.05, 4.69) is 0 Å². The Kier molecular flexibility index (Phi) is 2.13. The number of aliphatic carboxylic acids is 1. The van der Waals surface area contributed by atoms with Crippen molar-refractivity contribution in [2.45, 2.75) is 38.0 Å². The Morgan fingerprint density at radius 1 is 1.53 bits per heavy atom. The summed E-state index contributed by atoms with van der Waals surface area (Å²) in [5, 5.41) is 8.87. The minimum absolute atomic E-state index is 0.179. The normalized spacial score (nSPS) is 33.3. The summed E-state index contributed by atoms with van der Waals surface area (Å²) in [6, 6.07) is -1.07. The zero-order valence-corrected chi connectivity index (χ0v) is 8.17. The van der Waals surface area contributed by atoms with Crippen LogP contribution in [0.25, 0.3) is 0 Å². The van der Waals surface area contributed by atoms with E-state index in [1.54, 1.807) is 0 Å². The lowest BCUT2D eigenvalue weighted by molar-refractivity contribution is -0.161. The maximum absolute atomic E-state index is 11.2. The van der Waals surface area contributed by atoms with Gasteiger partial charge in [0, 0.05) is 13.3 Å². The molecule has 0 spiro atoms. The minimum Gasteiger partial charge on any atom is -0.480 e. The molecule has 6 nitrogen and oxygen atoms in total. The van der Waals surface area contributed by atoms with Crippen molar-refractivity contribution in [2.24, 2.45) is 0 Å². The van der Waals surface area contributed by atoms with Gasteiger partial charge in [-0.1, -0.05) is 0 Å². The zero-order valence-electron chi connectivity index (χ0n) is 8.17. The van der Waals surface area contributed by atoms with Crippen LogP contribution in [0.4, 0.5) is 0 Å². The number of carboxylic acids is 1. The van der Waals surface area contributed by atoms with E-state index in [9.17, 15) is 14.4 Å². The lowest BCUT2D eigenvalue weighted by Crippen LogP contribution is -2.56. The van der Waals surface area contributed by atoms with Gasteiger partial charge in [0.1, 0.15) is 12.1 Å². The summed E-state index contributed by atoms with van der Waals surface area (Å²) in [4.78, 5) is 34.1. The standard InChI is InChI=1S/C9H11NO5/c1-4(11)15-7-2-6(9(13)14)10-5(7)3-8(10)12/h5-7H,2-3H2,1H3,(H,13,14)/t5-,6?,7?/m0/s1. The van der Waals surface area contributed by atoms with Crippen molar-refractivity contribution in [3.63, 3.8) is 0 Å². The number of ether oxygens (including phenoxy) is 1. The SMILES string of the molecule is CC(=O)OC1CC(C(=O)O)N2C(=O)C[C@@H]12. The molecule has 0 saturated carbocycles. The molecule has 2 rings (SSSR count). The molecule has 1 N–H and O–H groups in total. The van der Waals surface area contributed by atoms with Gasteiger partial charge in [0.15, 0.2) is 0 Å². The molecule has 2 fully saturated rings. The van der Waals surface area contributed by atoms with Crippen molar-refractivity contribution in [1.29, 1.82) is 0 Å². The first-order valence-corrected chi connectivity index (χ1v) is 4.72. The van der Waals surface area contributed by atoms with Gasteiger partial charge < -0.3 is 14.7 Å². The van der Waals surface area contributed by atoms with Gasteiger partial charge in [0.25, 0.3) is 0 Å². The van der Waals surface area contributed by atoms with Crippen molar-refractivity contribution < 1.29 is 24.2 Å². The second kappa shape index (κ2) is 3.22. The second-order valence-corrected chi connectivity index (χ2v) is 3.81. The van der Waals surface area contributed by atoms with Crippen LogP contribution >= 0.6 is 0 Å². The van der Waals surface area contributed by atoms with Crippen molar-refractivity contribution >= 4 is 17.8 Å². The highest BCUT2D eigenvalue weighted by atomic mass is 16.5. The fourth-order valence-corrected chi connectivity index (χ4v) is 2.22. The molecule has 0 aromatic carbocycles. The molecule has 3 atom stereocenters. The lowest BCUT2D eigenvalue weighted by Gasteiger charge is -2.38. The van der Waals surface area contributed by atoms with Crippen LogP contribution in [-0.4, -0.2) is 46.0 Å². The molecule has 2 aliphatic rings. The molecule has 2 saturated heterocycles. The van der Waals surface area contributed by atoms with Crippen LogP contribution < -0.4 is 0 Å². The smallest absolute Gasteiger partial charge is 0.326 e. The molecule has 1 amide bonds. The second-order valence-electron chi connectivity index (χ2n) is 3.81. The highest BCUT2D eigenvalue weighted by Gasteiger charge is 2.55. The van der Waals surface area contributed by atoms with E-state index in [0.717, 1.165) is 0 Å². The molecule has 0 radical (unpaired) electrons. The van der Waals surface area contributed by atoms with E-state index in [0.29, 0.717) is 0 Å². The predicted octanol–water partition coefficient (Wildman–Crippen LogP) is -0.624. The molecule has 15 heavy (non-hydrogen) atoms. The van der Waals surface area contributed by atoms with E-state index in [-0.39, 0.29) is 24.8 Å². The summed E-state index contributed by atoms with van der Waals surface area (Å²) in [5.74, 6) is -1.66. The Morgan fingerprint density at radius 2 is 2.20 bits per heavy atom. The molecule has 0 aliphatic carbocycles. The maximum Gasteiger partial charge on any atom is 0.326 e. The molecule has 6 heteroatoms. The van der Waals surface area contributed by atoms with Crippen molar-refractivity contribution in [1.82, 2.24) is 4.90 Å². The van der Waals surface area contributed by atoms with Gasteiger partial charge in [-0.3, -0.25) is 9.59 Å². The van der Waals surface area contributed by atoms with E-state index in [1.165, 1.54) is 11.8 Å². The van der Waals surface area contributed by atoms with Crippen LogP contribution in [0.3, 0.4) is 0 Å². The number of β-lactam (4-membered cyclic amide) rings is 1. The Balaban J connectivity index is 2.11. The Hall–Kier alpha value is -1.59. The molecule has 82 valence electrons. The van der Waals surface area contributed by atoms with E-state index in [4.69, 9.17) is 9.84 Å². The minimum atomic E-state index is -1.04. The molecule has 2 aliphatic heterocycles. The molecule has 0 aromatic heterocycles. The number of nitrogens with zero attached hydrogens (tertiary/aromatic N) is 1. The van der Waals surface area contributed by atoms with E-state index >= 15 is 0 Å². The van der Waals surface area contributed by atoms with Crippen LogP contribution in [0.15, 0.2) is 0 Å². The maximum atomic E-state index is 11.2. The number of carboxylic acid groups (broad SMARTS) is 1. The molecular formula is C9H11NO5. The van der Waals surface area contributed by atoms with Gasteiger partial charge in [-0.05, 0) is 0 Å². The number of carbonyl (C=O) groups is 3. The van der Waals surface area contributed by atoms with Gasteiger partial charge in [0.2, 0.25) is 5.91 Å². The van der Waals surface area contributed by atoms with Gasteiger partial charge in [-0.2, -0.15) is 0 Å². The summed E-state index contributed by atoms with van der Waals surface area (Å²) in [6.45, 7) is 1.28. The van der Waals surface area contributed by atoms with Crippen LogP contribution in [0, 0.1) is 0 Å². The van der Waals surface area contributed by atoms with Gasteiger partial charge in [-0.25, -0.2) is 4.79 Å².